The van der Waals surface area contributed by atoms with Crippen LogP contribution in [-0.2, 0) is 14.9 Å². The van der Waals surface area contributed by atoms with Gasteiger partial charge in [-0.2, -0.15) is 0 Å². The molecule has 37 heavy (non-hydrogen) atoms. The lowest BCUT2D eigenvalue weighted by Gasteiger charge is -2.41. The van der Waals surface area contributed by atoms with Gasteiger partial charge in [0.1, 0.15) is 21.9 Å². The van der Waals surface area contributed by atoms with Gasteiger partial charge in [-0.15, -0.1) is 11.3 Å². The van der Waals surface area contributed by atoms with Crippen molar-refractivity contribution in [2.45, 2.75) is 90.8 Å². The van der Waals surface area contributed by atoms with E-state index in [9.17, 15) is 14.0 Å². The van der Waals surface area contributed by atoms with E-state index in [2.05, 4.69) is 25.8 Å². The predicted octanol–water partition coefficient (Wildman–Crippen LogP) is 6.75. The van der Waals surface area contributed by atoms with Crippen LogP contribution >= 0.6 is 11.3 Å². The van der Waals surface area contributed by atoms with E-state index in [0.29, 0.717) is 22.7 Å². The summed E-state index contributed by atoms with van der Waals surface area (Å²) in [6, 6.07) is 4.70. The maximum Gasteiger partial charge on any atom is 0.332 e. The number of alkyl halides is 1. The van der Waals surface area contributed by atoms with Crippen molar-refractivity contribution < 1.29 is 23.5 Å². The molecule has 0 bridgehead atoms. The maximum absolute atomic E-state index is 14.6. The van der Waals surface area contributed by atoms with Gasteiger partial charge >= 0.3 is 5.97 Å². The topological polar surface area (TPSA) is 68.7 Å². The van der Waals surface area contributed by atoms with E-state index in [1.54, 1.807) is 51.1 Å². The molecule has 1 aliphatic rings. The molecule has 1 aromatic carbocycles. The van der Waals surface area contributed by atoms with E-state index in [0.717, 1.165) is 5.56 Å². The van der Waals surface area contributed by atoms with E-state index in [-0.39, 0.29) is 23.7 Å². The van der Waals surface area contributed by atoms with Crippen LogP contribution in [0.4, 0.5) is 4.39 Å². The summed E-state index contributed by atoms with van der Waals surface area (Å²) in [5, 5.41) is 2.42. The van der Waals surface area contributed by atoms with E-state index in [4.69, 9.17) is 9.47 Å². The molecule has 8 heteroatoms. The van der Waals surface area contributed by atoms with Crippen molar-refractivity contribution in [1.82, 2.24) is 9.88 Å². The van der Waals surface area contributed by atoms with Crippen molar-refractivity contribution in [1.29, 1.82) is 0 Å². The van der Waals surface area contributed by atoms with Crippen molar-refractivity contribution in [2.24, 2.45) is 11.8 Å². The van der Waals surface area contributed by atoms with Gasteiger partial charge in [-0.3, -0.25) is 9.18 Å². The summed E-state index contributed by atoms with van der Waals surface area (Å²) in [7, 11) is 1.58. The van der Waals surface area contributed by atoms with Crippen LogP contribution < -0.4 is 4.74 Å². The average molecular weight is 533 g/mol. The first-order valence-corrected chi connectivity index (χ1v) is 13.7. The van der Waals surface area contributed by atoms with Gasteiger partial charge in [0.25, 0.3) is 5.91 Å². The van der Waals surface area contributed by atoms with E-state index in [1.165, 1.54) is 11.3 Å². The molecule has 1 aliphatic heterocycles. The lowest BCUT2D eigenvalue weighted by atomic mass is 9.83. The number of thiazole rings is 1. The second-order valence-corrected chi connectivity index (χ2v) is 13.3. The molecule has 1 amide bonds. The molecule has 0 saturated carbocycles. The predicted molar refractivity (Wildman–Crippen MR) is 145 cm³/mol. The average Bonchev–Trinajstić information content (AvgIpc) is 3.42. The summed E-state index contributed by atoms with van der Waals surface area (Å²) in [6.07, 6.45) is 2.17. The molecular weight excluding hydrogens is 491 g/mol. The number of likely N-dealkylation sites (tertiary alicyclic amines) is 1. The van der Waals surface area contributed by atoms with Crippen molar-refractivity contribution >= 4 is 23.2 Å². The maximum atomic E-state index is 14.6. The fraction of sp³-hybridized carbons (Fsp3) is 0.621. The first-order chi connectivity index (χ1) is 17.1. The molecule has 1 fully saturated rings. The molecule has 0 N–H and O–H groups in total. The zero-order valence-electron chi connectivity index (χ0n) is 23.6. The molecule has 3 atom stereocenters. The van der Waals surface area contributed by atoms with Crippen molar-refractivity contribution in [2.75, 3.05) is 13.8 Å². The molecule has 0 radical (unpaired) electrons. The van der Waals surface area contributed by atoms with Crippen LogP contribution in [0.5, 0.6) is 5.75 Å². The number of amides is 1. The molecule has 204 valence electrons. The smallest absolute Gasteiger partial charge is 0.332 e. The Kier molecular flexibility index (Phi) is 8.42. The van der Waals surface area contributed by atoms with Crippen LogP contribution in [0.3, 0.4) is 0 Å². The van der Waals surface area contributed by atoms with Crippen LogP contribution in [0.2, 0.25) is 0 Å². The Morgan fingerprint density at radius 3 is 2.38 bits per heavy atom. The number of halogens is 1. The third-order valence-corrected chi connectivity index (χ3v) is 7.53. The first-order valence-electron chi connectivity index (χ1n) is 12.9. The van der Waals surface area contributed by atoms with Crippen LogP contribution in [0, 0.1) is 11.8 Å². The van der Waals surface area contributed by atoms with Gasteiger partial charge in [0.15, 0.2) is 0 Å². The molecule has 1 saturated heterocycles. The standard InChI is InChI=1S/C29H41FN2O4S/c1-18(2)15-29(26(34)36-28(6,7)8)16-20(17-30)23(24-31-12-13-37-24)32(29)25(33)19-10-11-21(27(3,4)5)22(14-19)35-9/h10-14,18,20,23H,15-17H2,1-9H3/t20-,23+,29-/m0/s1. The molecule has 2 heterocycles. The summed E-state index contributed by atoms with van der Waals surface area (Å²) in [6.45, 7) is 15.0. The molecule has 2 aromatic rings. The fourth-order valence-electron chi connectivity index (χ4n) is 5.35. The first kappa shape index (κ1) is 29.1. The molecule has 0 unspecified atom stereocenters. The summed E-state index contributed by atoms with van der Waals surface area (Å²) in [5.74, 6) is -0.801. The Labute approximate surface area is 224 Å². The fourth-order valence-corrected chi connectivity index (χ4v) is 6.17. The Morgan fingerprint density at radius 1 is 1.22 bits per heavy atom. The van der Waals surface area contributed by atoms with E-state index in [1.807, 2.05) is 25.3 Å². The number of hydrogen-bond donors (Lipinski definition) is 0. The normalized spacial score (nSPS) is 22.4. The van der Waals surface area contributed by atoms with Gasteiger partial charge in [0.2, 0.25) is 0 Å². The number of benzene rings is 1. The highest BCUT2D eigenvalue weighted by molar-refractivity contribution is 7.09. The van der Waals surface area contributed by atoms with E-state index < -0.39 is 35.7 Å². The Morgan fingerprint density at radius 2 is 1.89 bits per heavy atom. The van der Waals surface area contributed by atoms with Crippen LogP contribution in [0.15, 0.2) is 29.8 Å². The van der Waals surface area contributed by atoms with E-state index >= 15 is 0 Å². The highest BCUT2D eigenvalue weighted by atomic mass is 32.1. The highest BCUT2D eigenvalue weighted by Crippen LogP contribution is 2.52. The molecular formula is C29H41FN2O4S. The van der Waals surface area contributed by atoms with Crippen LogP contribution in [0.1, 0.15) is 95.2 Å². The van der Waals surface area contributed by atoms with Crippen molar-refractivity contribution in [3.63, 3.8) is 0 Å². The van der Waals surface area contributed by atoms with Crippen molar-refractivity contribution in [3.05, 3.63) is 45.9 Å². The largest absolute Gasteiger partial charge is 0.496 e. The zero-order valence-corrected chi connectivity index (χ0v) is 24.4. The van der Waals surface area contributed by atoms with Gasteiger partial charge in [0, 0.05) is 23.1 Å². The van der Waals surface area contributed by atoms with Crippen LogP contribution in [-0.4, -0.2) is 46.7 Å². The van der Waals surface area contributed by atoms with Gasteiger partial charge in [-0.05, 0) is 62.6 Å². The number of rotatable bonds is 7. The SMILES string of the molecule is COc1cc(C(=O)N2[C@@H](c3nccs3)[C@H](CF)C[C@@]2(CC(C)C)C(=O)OC(C)(C)C)ccc1C(C)(C)C. The number of carbonyl (C=O) groups is 2. The zero-order chi connectivity index (χ0) is 27.8. The number of esters is 1. The summed E-state index contributed by atoms with van der Waals surface area (Å²) < 4.78 is 26.2. The Hall–Kier alpha value is -2.48. The molecule has 0 aliphatic carbocycles. The summed E-state index contributed by atoms with van der Waals surface area (Å²) >= 11 is 1.37. The lowest BCUT2D eigenvalue weighted by molar-refractivity contribution is -0.168. The van der Waals surface area contributed by atoms with Gasteiger partial charge in [-0.1, -0.05) is 40.7 Å². The number of carbonyl (C=O) groups excluding carboxylic acids is 2. The molecule has 6 nitrogen and oxygen atoms in total. The number of methoxy groups -OCH3 is 1. The quantitative estimate of drug-likeness (QED) is 0.369. The monoisotopic (exact) mass is 532 g/mol. The minimum absolute atomic E-state index is 0.0518. The van der Waals surface area contributed by atoms with Gasteiger partial charge in [0.05, 0.1) is 19.8 Å². The minimum Gasteiger partial charge on any atom is -0.496 e. The third-order valence-electron chi connectivity index (χ3n) is 6.69. The third kappa shape index (κ3) is 6.00. The summed E-state index contributed by atoms with van der Waals surface area (Å²) in [4.78, 5) is 34.4. The van der Waals surface area contributed by atoms with Gasteiger partial charge < -0.3 is 14.4 Å². The number of aromatic nitrogens is 1. The number of ether oxygens (including phenoxy) is 2. The second-order valence-electron chi connectivity index (χ2n) is 12.4. The van der Waals surface area contributed by atoms with Gasteiger partial charge in [-0.25, -0.2) is 9.78 Å². The summed E-state index contributed by atoms with van der Waals surface area (Å²) in [5.41, 5.74) is -0.949. The molecule has 1 aromatic heterocycles. The second kappa shape index (κ2) is 10.7. The van der Waals surface area contributed by atoms with Crippen LogP contribution in [0.25, 0.3) is 0 Å². The molecule has 3 rings (SSSR count). The number of nitrogens with zero attached hydrogens (tertiary/aromatic N) is 2. The Balaban J connectivity index is 2.24. The highest BCUT2D eigenvalue weighted by Gasteiger charge is 2.60. The molecule has 0 spiro atoms. The number of hydrogen-bond acceptors (Lipinski definition) is 6. The Bertz CT molecular complexity index is 1100. The lowest BCUT2D eigenvalue weighted by Crippen LogP contribution is -2.56. The van der Waals surface area contributed by atoms with Crippen molar-refractivity contribution in [3.8, 4) is 5.75 Å². The minimum atomic E-state index is -1.33.